The van der Waals surface area contributed by atoms with E-state index in [1.165, 1.54) is 0 Å². The van der Waals surface area contributed by atoms with Gasteiger partial charge in [-0.3, -0.25) is 9.48 Å². The number of aliphatic hydroxyl groups is 1. The molecule has 1 amide bonds. The van der Waals surface area contributed by atoms with Crippen LogP contribution in [0.4, 0.5) is 0 Å². The largest absolute Gasteiger partial charge is 2.00 e. The summed E-state index contributed by atoms with van der Waals surface area (Å²) in [6.07, 6.45) is 17.9. The fourth-order valence-corrected chi connectivity index (χ4v) is 3.78. The van der Waals surface area contributed by atoms with Crippen LogP contribution in [0.3, 0.4) is 0 Å². The van der Waals surface area contributed by atoms with E-state index in [1.807, 2.05) is 88.1 Å². The topological polar surface area (TPSA) is 67.6 Å². The van der Waals surface area contributed by atoms with Crippen molar-refractivity contribution < 1.29 is 31.7 Å². The van der Waals surface area contributed by atoms with Crippen molar-refractivity contribution in [2.24, 2.45) is 0 Å². The average molecular weight is 485 g/mol. The molecule has 2 heterocycles. The van der Waals surface area contributed by atoms with Gasteiger partial charge in [0, 0.05) is 19.0 Å². The summed E-state index contributed by atoms with van der Waals surface area (Å²) < 4.78 is 6.88. The Kier molecular flexibility index (Phi) is 9.84. The molecule has 1 aromatic carbocycles. The second-order valence-corrected chi connectivity index (χ2v) is 7.74. The van der Waals surface area contributed by atoms with Crippen LogP contribution >= 0.6 is 0 Å². The second-order valence-electron chi connectivity index (χ2n) is 7.74. The molecule has 1 aromatic heterocycles. The molecule has 7 heteroatoms. The molecule has 1 atom stereocenters. The minimum Gasteiger partial charge on any atom is -0.497 e. The number of hydrogen-bond acceptors (Lipinski definition) is 4. The molecule has 5 rings (SSSR count). The van der Waals surface area contributed by atoms with Crippen molar-refractivity contribution in [3.63, 3.8) is 0 Å². The number of aromatic nitrogens is 2. The summed E-state index contributed by atoms with van der Waals surface area (Å²) in [5, 5.41) is 14.9. The molecule has 1 aliphatic heterocycles. The summed E-state index contributed by atoms with van der Waals surface area (Å²) in [5.74, 6) is 1.67. The van der Waals surface area contributed by atoms with Gasteiger partial charge in [0.25, 0.3) is 5.91 Å². The van der Waals surface area contributed by atoms with E-state index >= 15 is 0 Å². The second kappa shape index (κ2) is 12.6. The molecule has 10 radical (unpaired) electrons. The third-order valence-corrected chi connectivity index (χ3v) is 5.42. The molecule has 6 nitrogen and oxygen atoms in total. The van der Waals surface area contributed by atoms with Crippen LogP contribution in [-0.2, 0) is 30.0 Å². The number of methoxy groups -OCH3 is 1. The van der Waals surface area contributed by atoms with Gasteiger partial charge in [-0.1, -0.05) is 12.1 Å². The van der Waals surface area contributed by atoms with Crippen molar-refractivity contribution >= 4 is 5.91 Å². The Morgan fingerprint density at radius 3 is 2.39 bits per heavy atom. The van der Waals surface area contributed by atoms with Gasteiger partial charge >= 0.3 is 17.1 Å². The first-order chi connectivity index (χ1) is 15.6. The molecule has 2 fully saturated rings. The summed E-state index contributed by atoms with van der Waals surface area (Å²) in [6, 6.07) is 9.63. The molecule has 3 aliphatic rings. The van der Waals surface area contributed by atoms with E-state index in [2.05, 4.69) is 5.10 Å². The Morgan fingerprint density at radius 2 is 1.73 bits per heavy atom. The van der Waals surface area contributed by atoms with E-state index in [1.54, 1.807) is 16.7 Å². The molecule has 0 spiro atoms. The van der Waals surface area contributed by atoms with Crippen LogP contribution in [0.5, 0.6) is 5.75 Å². The molecular formula is C26H27FeN3O3+2. The van der Waals surface area contributed by atoms with Gasteiger partial charge in [-0.15, -0.1) is 0 Å². The Labute approximate surface area is 208 Å². The molecular weight excluding hydrogens is 458 g/mol. The minimum absolute atomic E-state index is 0. The van der Waals surface area contributed by atoms with Gasteiger partial charge in [0.15, 0.2) is 0 Å². The average Bonchev–Trinajstić information content (AvgIpc) is 3.58. The van der Waals surface area contributed by atoms with E-state index in [0.717, 1.165) is 22.9 Å². The van der Waals surface area contributed by atoms with Crippen molar-refractivity contribution in [2.45, 2.75) is 19.1 Å². The summed E-state index contributed by atoms with van der Waals surface area (Å²) in [4.78, 5) is 14.7. The van der Waals surface area contributed by atoms with Gasteiger partial charge < -0.3 is 14.7 Å². The van der Waals surface area contributed by atoms with Gasteiger partial charge in [0.2, 0.25) is 0 Å². The number of benzene rings is 1. The van der Waals surface area contributed by atoms with Gasteiger partial charge in [-0.05, 0) is 88.0 Å². The quantitative estimate of drug-likeness (QED) is 0.662. The number of rotatable bonds is 5. The van der Waals surface area contributed by atoms with E-state index in [-0.39, 0.29) is 23.0 Å². The number of carbonyl (C=O) groups excluding carboxylic acids is 1. The van der Waals surface area contributed by atoms with Crippen molar-refractivity contribution in [1.29, 1.82) is 0 Å². The van der Waals surface area contributed by atoms with Gasteiger partial charge in [0.1, 0.15) is 11.4 Å². The van der Waals surface area contributed by atoms with Crippen LogP contribution in [0.2, 0.25) is 0 Å². The number of ether oxygens (including phenoxy) is 1. The maximum atomic E-state index is 13.0. The first kappa shape index (κ1) is 25.8. The standard InChI is InChI=1S/C21H22N3O3.C5H5.Fe/c1-27-18-8-4-5-15(11-18)9-10-23-13-17(25)14-24-20(21(23)26)12-19(22-24)16-6-2-3-7-16;1-2-4-5-3-1;/h2-8,11-12,17,25H,9-10,13-14H2,1H3;1-5H;/q;;+2/t17-;;/m1../s1. The van der Waals surface area contributed by atoms with E-state index in [4.69, 9.17) is 4.74 Å². The SMILES string of the molecule is COc1cccc(CCN2C[C@@H](O)Cn3nc([C]4[CH][CH][CH][CH]4)cc3C2=O)c1.[CH]1[CH][CH][CH][CH]1.[Fe+2]. The number of hydrogen-bond donors (Lipinski definition) is 1. The third-order valence-electron chi connectivity index (χ3n) is 5.42. The number of aliphatic hydroxyl groups excluding tert-OH is 1. The van der Waals surface area contributed by atoms with Crippen LogP contribution in [0, 0.1) is 63.7 Å². The maximum Gasteiger partial charge on any atom is 2.00 e. The van der Waals surface area contributed by atoms with Crippen LogP contribution in [0.15, 0.2) is 30.3 Å². The Morgan fingerprint density at radius 1 is 1.03 bits per heavy atom. The number of β-amino-alcohol motifs (C(OH)–C–C–N with tert-alkyl or cyclic N) is 1. The summed E-state index contributed by atoms with van der Waals surface area (Å²) in [6.45, 7) is 1.15. The number of amides is 1. The van der Waals surface area contributed by atoms with E-state index in [0.29, 0.717) is 31.7 Å². The smallest absolute Gasteiger partial charge is 0.497 e. The van der Waals surface area contributed by atoms with Crippen LogP contribution < -0.4 is 4.74 Å². The van der Waals surface area contributed by atoms with Crippen LogP contribution in [0.25, 0.3) is 0 Å². The molecule has 2 aromatic rings. The van der Waals surface area contributed by atoms with Gasteiger partial charge in [0.05, 0.1) is 25.5 Å². The number of nitrogens with zero attached hydrogens (tertiary/aromatic N) is 3. The van der Waals surface area contributed by atoms with Gasteiger partial charge in [-0.25, -0.2) is 0 Å². The van der Waals surface area contributed by atoms with Gasteiger partial charge in [-0.2, -0.15) is 5.10 Å². The van der Waals surface area contributed by atoms with E-state index < -0.39 is 6.10 Å². The third kappa shape index (κ3) is 6.84. The first-order valence-corrected chi connectivity index (χ1v) is 10.7. The molecule has 170 valence electrons. The Bertz CT molecular complexity index is 883. The Hall–Kier alpha value is -1.82. The summed E-state index contributed by atoms with van der Waals surface area (Å²) >= 11 is 0. The predicted molar refractivity (Wildman–Crippen MR) is 122 cm³/mol. The van der Waals surface area contributed by atoms with Crippen LogP contribution in [-0.4, -0.2) is 52.0 Å². The van der Waals surface area contributed by atoms with Crippen molar-refractivity contribution in [3.8, 4) is 5.75 Å². The normalized spacial score (nSPS) is 20.5. The zero-order chi connectivity index (χ0) is 22.3. The minimum atomic E-state index is -0.645. The summed E-state index contributed by atoms with van der Waals surface area (Å²) in [7, 11) is 1.64. The zero-order valence-corrected chi connectivity index (χ0v) is 19.6. The molecule has 0 saturated heterocycles. The predicted octanol–water partition coefficient (Wildman–Crippen LogP) is 2.72. The molecule has 2 aliphatic carbocycles. The van der Waals surface area contributed by atoms with Crippen LogP contribution in [0.1, 0.15) is 21.7 Å². The summed E-state index contributed by atoms with van der Waals surface area (Å²) in [5.41, 5.74) is 2.37. The molecule has 0 unspecified atom stereocenters. The molecule has 1 N–H and O–H groups in total. The fourth-order valence-electron chi connectivity index (χ4n) is 3.78. The zero-order valence-electron chi connectivity index (χ0n) is 18.4. The first-order valence-electron chi connectivity index (χ1n) is 10.7. The molecule has 33 heavy (non-hydrogen) atoms. The van der Waals surface area contributed by atoms with Crippen molar-refractivity contribution in [1.82, 2.24) is 14.7 Å². The van der Waals surface area contributed by atoms with Crippen molar-refractivity contribution in [3.05, 3.63) is 111 Å². The monoisotopic (exact) mass is 485 g/mol. The van der Waals surface area contributed by atoms with Crippen molar-refractivity contribution in [2.75, 3.05) is 20.2 Å². The van der Waals surface area contributed by atoms with E-state index in [9.17, 15) is 9.90 Å². The maximum absolute atomic E-state index is 13.0. The number of carbonyl (C=O) groups is 1. The fraction of sp³-hybridized carbons (Fsp3) is 0.231. The molecule has 0 bridgehead atoms. The number of fused-ring (bicyclic) bond motifs is 1. The Balaban J connectivity index is 0.000000453. The molecule has 2 saturated carbocycles.